The molecule has 266 valence electrons. The lowest BCUT2D eigenvalue weighted by atomic mass is 10.0. The Morgan fingerprint density at radius 3 is 2.05 bits per heavy atom. The number of hydrogen-bond donors (Lipinski definition) is 0. The van der Waals surface area contributed by atoms with Crippen LogP contribution in [-0.4, -0.2) is 19.5 Å². The molecule has 57 heavy (non-hydrogen) atoms. The molecule has 0 amide bonds. The first-order valence-electron chi connectivity index (χ1n) is 24.5. The summed E-state index contributed by atoms with van der Waals surface area (Å²) in [6, 6.07) is 25.4. The second-order valence-corrected chi connectivity index (χ2v) is 14.4. The minimum absolute atomic E-state index is 0.0731. The molecule has 12 rings (SSSR count). The molecule has 0 saturated carbocycles. The number of fused-ring (bicyclic) bond motifs is 9. The topological polar surface area (TPSA) is 56.7 Å². The highest BCUT2D eigenvalue weighted by atomic mass is 32.1. The highest BCUT2D eigenvalue weighted by Crippen LogP contribution is 2.42. The van der Waals surface area contributed by atoms with E-state index in [-0.39, 0.29) is 72.5 Å². The summed E-state index contributed by atoms with van der Waals surface area (Å²) in [6.07, 6.45) is 0. The summed E-state index contributed by atoms with van der Waals surface area (Å²) in [5.41, 5.74) is 1.93. The molecule has 6 heteroatoms. The van der Waals surface area contributed by atoms with Crippen molar-refractivity contribution in [1.29, 1.82) is 0 Å². The molecule has 0 saturated heterocycles. The van der Waals surface area contributed by atoms with Gasteiger partial charge in [0.15, 0.2) is 23.1 Å². The molecule has 0 fully saturated rings. The van der Waals surface area contributed by atoms with Crippen molar-refractivity contribution in [2.75, 3.05) is 0 Å². The minimum atomic E-state index is -0.668. The largest absolute Gasteiger partial charge is 0.454 e. The van der Waals surface area contributed by atoms with E-state index in [2.05, 4.69) is 24.3 Å². The lowest BCUT2D eigenvalue weighted by molar-refractivity contribution is 0.666. The van der Waals surface area contributed by atoms with Gasteiger partial charge in [-0.2, -0.15) is 0 Å². The summed E-state index contributed by atoms with van der Waals surface area (Å²) in [5.74, 6) is 0.326. The third-order valence-corrected chi connectivity index (χ3v) is 11.3. The van der Waals surface area contributed by atoms with Gasteiger partial charge in [-0.3, -0.25) is 0 Å². The van der Waals surface area contributed by atoms with Crippen LogP contribution in [0.2, 0.25) is 0 Å². The van der Waals surface area contributed by atoms with Crippen LogP contribution in [0, 0.1) is 0 Å². The van der Waals surface area contributed by atoms with Gasteiger partial charge in [0.1, 0.15) is 5.58 Å². The Kier molecular flexibility index (Phi) is 4.77. The van der Waals surface area contributed by atoms with E-state index in [4.69, 9.17) is 31.7 Å². The fourth-order valence-electron chi connectivity index (χ4n) is 7.50. The monoisotopic (exact) mass is 759 g/mol. The summed E-state index contributed by atoms with van der Waals surface area (Å²) in [6.45, 7) is 0. The first kappa shape index (κ1) is 21.6. The fraction of sp³-hybridized carbons (Fsp3) is 0. The van der Waals surface area contributed by atoms with Crippen LogP contribution in [-0.2, 0) is 0 Å². The molecule has 0 aliphatic rings. The zero-order valence-electron chi connectivity index (χ0n) is 42.4. The Labute approximate surface area is 349 Å². The molecular weight excluding hydrogens is 717 g/mol. The summed E-state index contributed by atoms with van der Waals surface area (Å²) in [4.78, 5) is 14.6. The Hall–Kier alpha value is -7.41. The minimum Gasteiger partial charge on any atom is -0.454 e. The van der Waals surface area contributed by atoms with Crippen molar-refractivity contribution in [3.8, 4) is 51.0 Å². The maximum atomic E-state index is 9.71. The van der Waals surface area contributed by atoms with Gasteiger partial charge in [-0.15, -0.1) is 11.3 Å². The number of thiophene rings is 1. The van der Waals surface area contributed by atoms with E-state index in [1.165, 1.54) is 10.6 Å². The quantitative estimate of drug-likeness (QED) is 0.175. The van der Waals surface area contributed by atoms with Crippen LogP contribution >= 0.6 is 11.3 Å². The Bertz CT molecular complexity index is 4290. The van der Waals surface area contributed by atoms with Gasteiger partial charge in [-0.1, -0.05) is 145 Å². The molecule has 4 heterocycles. The molecule has 0 spiro atoms. The van der Waals surface area contributed by atoms with E-state index >= 15 is 0 Å². The van der Waals surface area contributed by atoms with E-state index < -0.39 is 78.6 Å². The molecule has 4 aromatic heterocycles. The molecule has 12 aromatic rings. The van der Waals surface area contributed by atoms with Crippen LogP contribution in [0.25, 0.3) is 115 Å². The van der Waals surface area contributed by atoms with Crippen LogP contribution < -0.4 is 0 Å². The Balaban J connectivity index is 1.12. The van der Waals surface area contributed by atoms with Crippen LogP contribution in [0.4, 0.5) is 0 Å². The molecule has 8 aromatic carbocycles. The van der Waals surface area contributed by atoms with Gasteiger partial charge in [0.05, 0.1) is 34.5 Å². The predicted octanol–water partition coefficient (Wildman–Crippen LogP) is 13.9. The van der Waals surface area contributed by atoms with Gasteiger partial charge in [0, 0.05) is 58.4 Å². The van der Waals surface area contributed by atoms with Gasteiger partial charge in [-0.05, 0) is 47.4 Å². The smallest absolute Gasteiger partial charge is 0.164 e. The molecular formula is C51H30N4OS. The SMILES string of the molecule is [2H]c1cc2c(c([2H])c1[2H])c1c([2H])c([2H])c([2H])c([2H])c1n2-c1c([2H])c([2H])c([2H])c2c1oc1c([2H])c(-c3nc(-c4ccccc4)nc(-c4ccc5c(c4)sc4c(-c6ccccc6)cccc45)n3)c([2H])c([2H])c12. The number of nitrogens with zero attached hydrogens (tertiary/aromatic N) is 4. The van der Waals surface area contributed by atoms with E-state index in [1.54, 1.807) is 11.3 Å². The third kappa shape index (κ3) is 5.04. The van der Waals surface area contributed by atoms with Crippen molar-refractivity contribution in [3.63, 3.8) is 0 Å². The molecule has 0 aliphatic heterocycles. The summed E-state index contributed by atoms with van der Waals surface area (Å²) < 4.78 is 127. The average Bonchev–Trinajstić information content (AvgIpc) is 4.07. The zero-order chi connectivity index (χ0) is 48.8. The number of hydrogen-bond acceptors (Lipinski definition) is 5. The lowest BCUT2D eigenvalue weighted by Crippen LogP contribution is -2.00. The van der Waals surface area contributed by atoms with Gasteiger partial charge < -0.3 is 8.98 Å². The van der Waals surface area contributed by atoms with Crippen molar-refractivity contribution >= 4 is 75.3 Å². The maximum Gasteiger partial charge on any atom is 0.164 e. The van der Waals surface area contributed by atoms with Crippen LogP contribution in [0.15, 0.2) is 186 Å². The van der Waals surface area contributed by atoms with Crippen molar-refractivity contribution in [2.24, 2.45) is 0 Å². The predicted molar refractivity (Wildman–Crippen MR) is 236 cm³/mol. The Morgan fingerprint density at radius 2 is 1.21 bits per heavy atom. The Morgan fingerprint density at radius 1 is 0.491 bits per heavy atom. The van der Waals surface area contributed by atoms with Gasteiger partial charge in [-0.25, -0.2) is 15.0 Å². The van der Waals surface area contributed by atoms with Gasteiger partial charge in [0.2, 0.25) is 0 Å². The molecule has 0 bridgehead atoms. The second-order valence-electron chi connectivity index (χ2n) is 13.4. The molecule has 0 N–H and O–H groups in total. The van der Waals surface area contributed by atoms with Crippen LogP contribution in [0.5, 0.6) is 0 Å². The fourth-order valence-corrected chi connectivity index (χ4v) is 8.78. The lowest BCUT2D eigenvalue weighted by Gasteiger charge is -2.08. The van der Waals surface area contributed by atoms with E-state index in [9.17, 15) is 5.48 Å². The average molecular weight is 760 g/mol. The maximum absolute atomic E-state index is 9.71. The molecule has 0 aliphatic carbocycles. The highest BCUT2D eigenvalue weighted by Gasteiger charge is 2.20. The van der Waals surface area contributed by atoms with Crippen molar-refractivity contribution in [3.05, 3.63) is 182 Å². The van der Waals surface area contributed by atoms with Crippen LogP contribution in [0.3, 0.4) is 0 Å². The number of rotatable bonds is 5. The first-order valence-corrected chi connectivity index (χ1v) is 18.8. The van der Waals surface area contributed by atoms with Gasteiger partial charge in [0.25, 0.3) is 0 Å². The van der Waals surface area contributed by atoms with Crippen LogP contribution in [0.1, 0.15) is 17.8 Å². The number of para-hydroxylation sites is 3. The summed E-state index contributed by atoms with van der Waals surface area (Å²) >= 11 is 1.64. The second kappa shape index (κ2) is 12.6. The molecule has 0 unspecified atom stereocenters. The van der Waals surface area contributed by atoms with Crippen molar-refractivity contribution in [2.45, 2.75) is 0 Å². The molecule has 5 nitrogen and oxygen atoms in total. The third-order valence-electron chi connectivity index (χ3n) is 10.1. The van der Waals surface area contributed by atoms with Gasteiger partial charge >= 0.3 is 0 Å². The van der Waals surface area contributed by atoms with E-state index in [1.807, 2.05) is 72.8 Å². The zero-order valence-corrected chi connectivity index (χ0v) is 30.2. The van der Waals surface area contributed by atoms with Crippen molar-refractivity contribution in [1.82, 2.24) is 19.5 Å². The molecule has 0 radical (unpaired) electrons. The first-order chi connectivity index (χ1) is 33.7. The number of benzene rings is 8. The standard InChI is InChI=1S/C51H30N4OS/c1-3-13-31(14-4-1)35-19-11-21-41-39-28-26-34(30-46(39)57-48(35)41)51-53-49(32-15-5-2-6-16-32)52-50(54-51)33-25-27-38-40-20-12-24-44(47(40)56-45(38)29-33)55-42-22-9-7-17-36(42)37-18-8-10-23-43(37)55/h1-30H/i7D,8D,9D,10D,12D,17D,18D,20D,22D,24D,25D,27D,29D. The van der Waals surface area contributed by atoms with E-state index in [0.29, 0.717) is 11.1 Å². The normalized spacial score (nSPS) is 15.1. The molecule has 0 atom stereocenters. The number of furan rings is 1. The van der Waals surface area contributed by atoms with Crippen molar-refractivity contribution < 1.29 is 22.2 Å². The summed E-state index contributed by atoms with van der Waals surface area (Å²) in [5, 5.41) is 1.42. The highest BCUT2D eigenvalue weighted by molar-refractivity contribution is 7.26. The number of aromatic nitrogens is 4. The van der Waals surface area contributed by atoms with E-state index in [0.717, 1.165) is 31.3 Å². The summed E-state index contributed by atoms with van der Waals surface area (Å²) in [7, 11) is 0.